The predicted molar refractivity (Wildman–Crippen MR) is 85.2 cm³/mol. The van der Waals surface area contributed by atoms with Gasteiger partial charge in [-0.05, 0) is 17.9 Å². The summed E-state index contributed by atoms with van der Waals surface area (Å²) in [6, 6.07) is 0.261. The molecule has 2 rings (SSSR count). The van der Waals surface area contributed by atoms with E-state index in [1.807, 2.05) is 0 Å². The number of anilines is 1. The third-order valence-electron chi connectivity index (χ3n) is 3.43. The standard InChI is InChI=1S/C14H17N3O6S/c1-23-13(21)8-4-7-24-12(8)17-6-3-9(11(17)20)16-14(22)15-5-2-10(18)19/h4,7,9H,2-3,5-6H2,1H3,(H,18,19)(H2,15,16,22). The molecule has 130 valence electrons. The van der Waals surface area contributed by atoms with Gasteiger partial charge < -0.3 is 25.4 Å². The minimum Gasteiger partial charge on any atom is -0.481 e. The van der Waals surface area contributed by atoms with E-state index >= 15 is 0 Å². The van der Waals surface area contributed by atoms with Gasteiger partial charge in [-0.1, -0.05) is 0 Å². The molecule has 0 aliphatic carbocycles. The van der Waals surface area contributed by atoms with Gasteiger partial charge in [0, 0.05) is 13.1 Å². The number of ether oxygens (including phenoxy) is 1. The summed E-state index contributed by atoms with van der Waals surface area (Å²) in [7, 11) is 1.27. The summed E-state index contributed by atoms with van der Waals surface area (Å²) in [6.45, 7) is 0.340. The smallest absolute Gasteiger partial charge is 0.340 e. The molecule has 1 aliphatic rings. The van der Waals surface area contributed by atoms with Crippen LogP contribution in [0.25, 0.3) is 0 Å². The van der Waals surface area contributed by atoms with E-state index in [4.69, 9.17) is 5.11 Å². The molecule has 1 unspecified atom stereocenters. The molecule has 3 amide bonds. The van der Waals surface area contributed by atoms with Crippen molar-refractivity contribution in [3.05, 3.63) is 17.0 Å². The molecule has 1 atom stereocenters. The molecule has 0 saturated carbocycles. The fourth-order valence-corrected chi connectivity index (χ4v) is 3.20. The molecule has 0 spiro atoms. The zero-order chi connectivity index (χ0) is 17.7. The largest absolute Gasteiger partial charge is 0.481 e. The average Bonchev–Trinajstić information content (AvgIpc) is 3.14. The number of thiophene rings is 1. The van der Waals surface area contributed by atoms with Crippen molar-refractivity contribution in [2.75, 3.05) is 25.1 Å². The first-order valence-corrected chi connectivity index (χ1v) is 8.05. The maximum Gasteiger partial charge on any atom is 0.340 e. The molecule has 1 aromatic rings. The van der Waals surface area contributed by atoms with E-state index in [9.17, 15) is 19.2 Å². The molecule has 9 nitrogen and oxygen atoms in total. The summed E-state index contributed by atoms with van der Waals surface area (Å²) < 4.78 is 4.69. The molecule has 0 bridgehead atoms. The Bertz CT molecular complexity index is 659. The normalized spacial score (nSPS) is 16.8. The van der Waals surface area contributed by atoms with Crippen molar-refractivity contribution in [2.45, 2.75) is 18.9 Å². The number of urea groups is 1. The van der Waals surface area contributed by atoms with Crippen molar-refractivity contribution in [1.29, 1.82) is 0 Å². The number of esters is 1. The van der Waals surface area contributed by atoms with Gasteiger partial charge in [0.2, 0.25) is 5.91 Å². The van der Waals surface area contributed by atoms with Gasteiger partial charge in [-0.15, -0.1) is 11.3 Å². The number of nitrogens with one attached hydrogen (secondary N) is 2. The van der Waals surface area contributed by atoms with Gasteiger partial charge >= 0.3 is 18.0 Å². The van der Waals surface area contributed by atoms with E-state index in [1.54, 1.807) is 11.4 Å². The van der Waals surface area contributed by atoms with Crippen LogP contribution < -0.4 is 15.5 Å². The third-order valence-corrected chi connectivity index (χ3v) is 4.37. The Morgan fingerprint density at radius 1 is 1.46 bits per heavy atom. The van der Waals surface area contributed by atoms with Crippen LogP contribution >= 0.6 is 11.3 Å². The second kappa shape index (κ2) is 7.77. The Labute approximate surface area is 141 Å². The molecule has 10 heteroatoms. The predicted octanol–water partition coefficient (Wildman–Crippen LogP) is 0.414. The van der Waals surface area contributed by atoms with Gasteiger partial charge in [-0.3, -0.25) is 9.59 Å². The Hall–Kier alpha value is -2.62. The first-order valence-electron chi connectivity index (χ1n) is 7.17. The fraction of sp³-hybridized carbons (Fsp3) is 0.429. The van der Waals surface area contributed by atoms with E-state index in [-0.39, 0.29) is 18.9 Å². The molecule has 0 aromatic carbocycles. The lowest BCUT2D eigenvalue weighted by atomic mass is 10.2. The summed E-state index contributed by atoms with van der Waals surface area (Å²) in [5, 5.41) is 15.6. The molecular formula is C14H17N3O6S. The number of rotatable bonds is 6. The van der Waals surface area contributed by atoms with Gasteiger partial charge in [0.15, 0.2) is 0 Å². The second-order valence-corrected chi connectivity index (χ2v) is 5.90. The highest BCUT2D eigenvalue weighted by atomic mass is 32.1. The number of carboxylic acids is 1. The molecule has 3 N–H and O–H groups in total. The van der Waals surface area contributed by atoms with E-state index in [0.29, 0.717) is 23.5 Å². The van der Waals surface area contributed by atoms with Crippen LogP contribution in [0.4, 0.5) is 9.80 Å². The van der Waals surface area contributed by atoms with Crippen LogP contribution in [0.5, 0.6) is 0 Å². The van der Waals surface area contributed by atoms with Crippen molar-refractivity contribution >= 4 is 40.2 Å². The van der Waals surface area contributed by atoms with Gasteiger partial charge in [-0.25, -0.2) is 9.59 Å². The Balaban J connectivity index is 1.95. The van der Waals surface area contributed by atoms with Crippen molar-refractivity contribution < 1.29 is 29.0 Å². The van der Waals surface area contributed by atoms with Crippen LogP contribution in [0.2, 0.25) is 0 Å². The number of carbonyl (C=O) groups excluding carboxylic acids is 3. The fourth-order valence-electron chi connectivity index (χ4n) is 2.28. The number of carbonyl (C=O) groups is 4. The van der Waals surface area contributed by atoms with Crippen molar-refractivity contribution in [1.82, 2.24) is 10.6 Å². The van der Waals surface area contributed by atoms with E-state index < -0.39 is 24.0 Å². The van der Waals surface area contributed by atoms with Crippen molar-refractivity contribution in [3.63, 3.8) is 0 Å². The number of methoxy groups -OCH3 is 1. The van der Waals surface area contributed by atoms with Crippen LogP contribution in [-0.2, 0) is 14.3 Å². The van der Waals surface area contributed by atoms with Gasteiger partial charge in [0.1, 0.15) is 11.0 Å². The maximum absolute atomic E-state index is 12.4. The van der Waals surface area contributed by atoms with Crippen LogP contribution in [0.15, 0.2) is 11.4 Å². The average molecular weight is 355 g/mol. The van der Waals surface area contributed by atoms with Crippen molar-refractivity contribution in [3.8, 4) is 0 Å². The zero-order valence-electron chi connectivity index (χ0n) is 12.9. The maximum atomic E-state index is 12.4. The number of hydrogen-bond acceptors (Lipinski definition) is 6. The number of nitrogens with zero attached hydrogens (tertiary/aromatic N) is 1. The van der Waals surface area contributed by atoms with E-state index in [2.05, 4.69) is 15.4 Å². The summed E-state index contributed by atoms with van der Waals surface area (Å²) >= 11 is 1.24. The quantitative estimate of drug-likeness (QED) is 0.635. The highest BCUT2D eigenvalue weighted by molar-refractivity contribution is 7.14. The summed E-state index contributed by atoms with van der Waals surface area (Å²) in [5.41, 5.74) is 0.308. The lowest BCUT2D eigenvalue weighted by molar-refractivity contribution is -0.136. The highest BCUT2D eigenvalue weighted by Crippen LogP contribution is 2.31. The monoisotopic (exact) mass is 355 g/mol. The molecule has 1 saturated heterocycles. The van der Waals surface area contributed by atoms with Crippen LogP contribution in [0, 0.1) is 0 Å². The molecule has 2 heterocycles. The SMILES string of the molecule is COC(=O)c1ccsc1N1CCC(NC(=O)NCCC(=O)O)C1=O. The first kappa shape index (κ1) is 17.7. The third kappa shape index (κ3) is 4.02. The Kier molecular flexibility index (Phi) is 5.74. The lowest BCUT2D eigenvalue weighted by Crippen LogP contribution is -2.46. The van der Waals surface area contributed by atoms with Gasteiger partial charge in [0.25, 0.3) is 0 Å². The summed E-state index contributed by atoms with van der Waals surface area (Å²) in [4.78, 5) is 47.7. The molecule has 1 aliphatic heterocycles. The number of carboxylic acid groups (broad SMARTS) is 1. The van der Waals surface area contributed by atoms with Crippen LogP contribution in [0.1, 0.15) is 23.2 Å². The first-order chi connectivity index (χ1) is 11.4. The van der Waals surface area contributed by atoms with Gasteiger partial charge in [-0.2, -0.15) is 0 Å². The number of amides is 3. The van der Waals surface area contributed by atoms with E-state index in [0.717, 1.165) is 0 Å². The van der Waals surface area contributed by atoms with Crippen LogP contribution in [-0.4, -0.2) is 55.2 Å². The Morgan fingerprint density at radius 3 is 2.88 bits per heavy atom. The van der Waals surface area contributed by atoms with Crippen molar-refractivity contribution in [2.24, 2.45) is 0 Å². The second-order valence-electron chi connectivity index (χ2n) is 5.01. The molecule has 1 aromatic heterocycles. The number of hydrogen-bond donors (Lipinski definition) is 3. The van der Waals surface area contributed by atoms with Gasteiger partial charge in [0.05, 0.1) is 19.1 Å². The molecule has 0 radical (unpaired) electrons. The molecule has 1 fully saturated rings. The lowest BCUT2D eigenvalue weighted by Gasteiger charge is -2.17. The summed E-state index contributed by atoms with van der Waals surface area (Å²) in [5.74, 6) is -1.87. The molecule has 24 heavy (non-hydrogen) atoms. The van der Waals surface area contributed by atoms with Crippen LogP contribution in [0.3, 0.4) is 0 Å². The summed E-state index contributed by atoms with van der Waals surface area (Å²) in [6.07, 6.45) is 0.194. The Morgan fingerprint density at radius 2 is 2.21 bits per heavy atom. The minimum absolute atomic E-state index is 0.0246. The highest BCUT2D eigenvalue weighted by Gasteiger charge is 2.36. The minimum atomic E-state index is -1.02. The van der Waals surface area contributed by atoms with E-state index in [1.165, 1.54) is 23.3 Å². The molecular weight excluding hydrogens is 338 g/mol. The zero-order valence-corrected chi connectivity index (χ0v) is 13.7. The topological polar surface area (TPSA) is 125 Å². The number of aliphatic carboxylic acids is 1.